The third-order valence-corrected chi connectivity index (χ3v) is 2.01. The topological polar surface area (TPSA) is 90.7 Å². The maximum absolute atomic E-state index is 11.2. The first-order chi connectivity index (χ1) is 8.16. The van der Waals surface area contributed by atoms with Crippen molar-refractivity contribution in [3.05, 3.63) is 46.5 Å². The summed E-state index contributed by atoms with van der Waals surface area (Å²) in [5.41, 5.74) is -0.00820. The summed E-state index contributed by atoms with van der Waals surface area (Å²) in [4.78, 5) is 17.5. The van der Waals surface area contributed by atoms with Gasteiger partial charge in [0, 0.05) is 0 Å². The Balaban J connectivity index is 2.37. The second-order valence-electron chi connectivity index (χ2n) is 3.36. The third-order valence-electron chi connectivity index (χ3n) is 2.01. The number of aromatic hydroxyl groups is 1. The third kappa shape index (κ3) is 2.54. The van der Waals surface area contributed by atoms with Crippen molar-refractivity contribution in [3.63, 3.8) is 0 Å². The highest BCUT2D eigenvalue weighted by Crippen LogP contribution is 2.21. The number of hydrogen-bond donors (Lipinski definition) is 2. The van der Waals surface area contributed by atoms with Crippen LogP contribution in [0.2, 0.25) is 0 Å². The summed E-state index contributed by atoms with van der Waals surface area (Å²) >= 11 is 0. The molecule has 1 aromatic carbocycles. The summed E-state index contributed by atoms with van der Waals surface area (Å²) in [5.74, 6) is -0.250. The molecule has 0 radical (unpaired) electrons. The number of aromatic amines is 1. The molecule has 2 N–H and O–H groups in total. The average molecular weight is 230 g/mol. The highest BCUT2D eigenvalue weighted by molar-refractivity contribution is 5.43. The van der Waals surface area contributed by atoms with E-state index in [-0.39, 0.29) is 5.82 Å². The Morgan fingerprint density at radius 2 is 1.94 bits per heavy atom. The van der Waals surface area contributed by atoms with Crippen molar-refractivity contribution in [1.29, 1.82) is 0 Å². The van der Waals surface area contributed by atoms with Crippen LogP contribution in [-0.4, -0.2) is 15.1 Å². The number of aryl methyl sites for hydroxylation is 1. The van der Waals surface area contributed by atoms with Crippen LogP contribution in [0.1, 0.15) is 5.82 Å². The fraction of sp³-hybridized carbons (Fsp3) is 0.0909. The van der Waals surface area contributed by atoms with Gasteiger partial charge in [-0.25, -0.2) is 4.98 Å². The molecule has 0 amide bonds. The van der Waals surface area contributed by atoms with Gasteiger partial charge in [0.05, 0.1) is 5.69 Å². The maximum Gasteiger partial charge on any atom is 0.295 e. The molecule has 0 aliphatic heterocycles. The number of azo groups is 1. The zero-order valence-corrected chi connectivity index (χ0v) is 9.08. The van der Waals surface area contributed by atoms with Crippen LogP contribution in [0.25, 0.3) is 0 Å². The summed E-state index contributed by atoms with van der Waals surface area (Å²) in [6.45, 7) is 1.60. The summed E-state index contributed by atoms with van der Waals surface area (Å²) in [7, 11) is 0. The molecular weight excluding hydrogens is 220 g/mol. The molecule has 0 atom stereocenters. The number of H-pyrrole nitrogens is 1. The van der Waals surface area contributed by atoms with Crippen molar-refractivity contribution in [1.82, 2.24) is 9.97 Å². The zero-order valence-electron chi connectivity index (χ0n) is 9.08. The van der Waals surface area contributed by atoms with Crippen LogP contribution in [0.15, 0.2) is 45.4 Å². The van der Waals surface area contributed by atoms with Gasteiger partial charge in [-0.2, -0.15) is 0 Å². The van der Waals surface area contributed by atoms with Crippen molar-refractivity contribution in [2.24, 2.45) is 10.2 Å². The van der Waals surface area contributed by atoms with E-state index in [4.69, 9.17) is 0 Å². The van der Waals surface area contributed by atoms with Gasteiger partial charge in [-0.15, -0.1) is 10.2 Å². The minimum atomic E-state index is -0.625. The number of benzene rings is 1. The van der Waals surface area contributed by atoms with E-state index in [1.165, 1.54) is 0 Å². The zero-order chi connectivity index (χ0) is 12.3. The highest BCUT2D eigenvalue weighted by atomic mass is 16.3. The Bertz CT molecular complexity index is 605. The first kappa shape index (κ1) is 11.0. The van der Waals surface area contributed by atoms with Gasteiger partial charge < -0.3 is 10.1 Å². The molecule has 2 rings (SSSR count). The highest BCUT2D eigenvalue weighted by Gasteiger charge is 2.07. The van der Waals surface area contributed by atoms with E-state index < -0.39 is 11.3 Å². The molecule has 1 heterocycles. The lowest BCUT2D eigenvalue weighted by Gasteiger charge is -1.97. The number of nitrogens with zero attached hydrogens (tertiary/aromatic N) is 3. The Kier molecular flexibility index (Phi) is 2.95. The minimum absolute atomic E-state index is 0.0879. The molecule has 0 fully saturated rings. The fourth-order valence-electron chi connectivity index (χ4n) is 1.23. The Morgan fingerprint density at radius 3 is 2.65 bits per heavy atom. The first-order valence-corrected chi connectivity index (χ1v) is 4.93. The largest absolute Gasteiger partial charge is 0.500 e. The molecule has 0 saturated heterocycles. The van der Waals surface area contributed by atoms with E-state index in [1.807, 2.05) is 18.2 Å². The van der Waals surface area contributed by atoms with Crippen molar-refractivity contribution in [3.8, 4) is 5.75 Å². The quantitative estimate of drug-likeness (QED) is 0.775. The molecule has 2 aromatic rings. The van der Waals surface area contributed by atoms with E-state index in [0.717, 1.165) is 0 Å². The fourth-order valence-corrected chi connectivity index (χ4v) is 1.23. The minimum Gasteiger partial charge on any atom is -0.500 e. The van der Waals surface area contributed by atoms with E-state index in [9.17, 15) is 9.90 Å². The smallest absolute Gasteiger partial charge is 0.295 e. The Hall–Kier alpha value is -2.50. The van der Waals surface area contributed by atoms with Gasteiger partial charge in [0.1, 0.15) is 5.82 Å². The first-order valence-electron chi connectivity index (χ1n) is 4.93. The Morgan fingerprint density at radius 1 is 1.24 bits per heavy atom. The van der Waals surface area contributed by atoms with Crippen LogP contribution in [0.5, 0.6) is 5.75 Å². The Labute approximate surface area is 96.7 Å². The van der Waals surface area contributed by atoms with Gasteiger partial charge in [0.15, 0.2) is 0 Å². The molecule has 1 aromatic heterocycles. The van der Waals surface area contributed by atoms with Crippen molar-refractivity contribution < 1.29 is 5.11 Å². The van der Waals surface area contributed by atoms with Crippen LogP contribution >= 0.6 is 0 Å². The normalized spacial score (nSPS) is 10.9. The molecule has 6 nitrogen and oxygen atoms in total. The van der Waals surface area contributed by atoms with Crippen molar-refractivity contribution >= 4 is 11.5 Å². The van der Waals surface area contributed by atoms with Crippen LogP contribution in [0, 0.1) is 6.92 Å². The molecule has 0 unspecified atom stereocenters. The number of aromatic nitrogens is 2. The second kappa shape index (κ2) is 4.56. The summed E-state index contributed by atoms with van der Waals surface area (Å²) < 4.78 is 0. The lowest BCUT2D eigenvalue weighted by Crippen LogP contribution is -2.08. The summed E-state index contributed by atoms with van der Waals surface area (Å²) in [6.07, 6.45) is 0. The molecule has 86 valence electrons. The van der Waals surface area contributed by atoms with Crippen LogP contribution in [0.4, 0.5) is 11.5 Å². The lowest BCUT2D eigenvalue weighted by molar-refractivity contribution is 0.464. The molecule has 0 saturated carbocycles. The predicted octanol–water partition coefficient (Wildman–Crippen LogP) is 2.20. The van der Waals surface area contributed by atoms with Gasteiger partial charge in [-0.1, -0.05) is 18.2 Å². The maximum atomic E-state index is 11.2. The molecule has 17 heavy (non-hydrogen) atoms. The van der Waals surface area contributed by atoms with Gasteiger partial charge >= 0.3 is 0 Å². The molecule has 6 heteroatoms. The van der Waals surface area contributed by atoms with E-state index in [2.05, 4.69) is 20.2 Å². The number of rotatable bonds is 2. The monoisotopic (exact) mass is 230 g/mol. The van der Waals surface area contributed by atoms with Crippen LogP contribution in [-0.2, 0) is 0 Å². The molecule has 0 bridgehead atoms. The van der Waals surface area contributed by atoms with E-state index in [1.54, 1.807) is 19.1 Å². The van der Waals surface area contributed by atoms with Gasteiger partial charge in [-0.3, -0.25) is 4.79 Å². The molecular formula is C11H10N4O2. The lowest BCUT2D eigenvalue weighted by atomic mass is 10.3. The van der Waals surface area contributed by atoms with E-state index in [0.29, 0.717) is 11.5 Å². The van der Waals surface area contributed by atoms with Crippen LogP contribution in [0.3, 0.4) is 0 Å². The number of hydrogen-bond acceptors (Lipinski definition) is 5. The summed E-state index contributed by atoms with van der Waals surface area (Å²) in [6, 6.07) is 8.97. The average Bonchev–Trinajstić information content (AvgIpc) is 2.33. The SMILES string of the molecule is Cc1nc(/N=N/c2ccccc2)c(O)c(=O)[nH]1. The van der Waals surface area contributed by atoms with E-state index >= 15 is 0 Å². The van der Waals surface area contributed by atoms with Gasteiger partial charge in [-0.05, 0) is 19.1 Å². The van der Waals surface area contributed by atoms with Crippen LogP contribution < -0.4 is 5.56 Å². The molecule has 0 aliphatic rings. The molecule has 0 aliphatic carbocycles. The summed E-state index contributed by atoms with van der Waals surface area (Å²) in [5, 5.41) is 17.1. The standard InChI is InChI=1S/C11H10N4O2/c1-7-12-10(9(16)11(17)13-7)15-14-8-5-3-2-4-6-8/h2-6,16H,1H3,(H,12,13,17)/b15-14+. The number of nitrogens with one attached hydrogen (secondary N) is 1. The second-order valence-corrected chi connectivity index (χ2v) is 3.36. The van der Waals surface area contributed by atoms with Crippen molar-refractivity contribution in [2.75, 3.05) is 0 Å². The predicted molar refractivity (Wildman–Crippen MR) is 61.9 cm³/mol. The molecule has 0 spiro atoms. The van der Waals surface area contributed by atoms with Gasteiger partial charge in [0.25, 0.3) is 5.56 Å². The van der Waals surface area contributed by atoms with Crippen molar-refractivity contribution in [2.45, 2.75) is 6.92 Å². The van der Waals surface area contributed by atoms with Gasteiger partial charge in [0.2, 0.25) is 11.6 Å².